The highest BCUT2D eigenvalue weighted by molar-refractivity contribution is 6.35. The Bertz CT molecular complexity index is 517. The van der Waals surface area contributed by atoms with Crippen molar-refractivity contribution in [3.8, 4) is 0 Å². The van der Waals surface area contributed by atoms with E-state index in [9.17, 15) is 0 Å². The van der Waals surface area contributed by atoms with Gasteiger partial charge in [-0.05, 0) is 33.0 Å². The van der Waals surface area contributed by atoms with Gasteiger partial charge in [0.05, 0.1) is 16.1 Å². The molecule has 0 aliphatic rings. The van der Waals surface area contributed by atoms with Crippen LogP contribution in [0.25, 0.3) is 11.0 Å². The third kappa shape index (κ3) is 2.31. The quantitative estimate of drug-likeness (QED) is 0.905. The number of benzene rings is 1. The van der Waals surface area contributed by atoms with Crippen molar-refractivity contribution in [1.82, 2.24) is 14.9 Å². The highest BCUT2D eigenvalue weighted by Crippen LogP contribution is 2.27. The number of halogens is 1. The number of rotatable bonds is 4. The maximum Gasteiger partial charge on any atom is 0.111 e. The van der Waals surface area contributed by atoms with E-state index in [2.05, 4.69) is 28.7 Å². The molecule has 2 aromatic rings. The molecule has 0 fully saturated rings. The molecular formula is C13H18ClN3. The molecule has 0 aliphatic carbocycles. The summed E-state index contributed by atoms with van der Waals surface area (Å²) in [7, 11) is 1.95. The van der Waals surface area contributed by atoms with Crippen LogP contribution in [0.15, 0.2) is 18.2 Å². The lowest BCUT2D eigenvalue weighted by Gasteiger charge is -2.13. The molecule has 2 rings (SSSR count). The Morgan fingerprint density at radius 1 is 1.41 bits per heavy atom. The molecule has 1 aromatic heterocycles. The molecule has 0 radical (unpaired) electrons. The molecule has 1 N–H and O–H groups in total. The van der Waals surface area contributed by atoms with Crippen molar-refractivity contribution < 1.29 is 0 Å². The maximum absolute atomic E-state index is 6.28. The average molecular weight is 252 g/mol. The minimum absolute atomic E-state index is 0.367. The number of aromatic nitrogens is 2. The number of imidazole rings is 1. The van der Waals surface area contributed by atoms with Crippen molar-refractivity contribution in [2.45, 2.75) is 26.3 Å². The molecule has 0 atom stereocenters. The van der Waals surface area contributed by atoms with E-state index < -0.39 is 0 Å². The first-order valence-corrected chi connectivity index (χ1v) is 6.33. The van der Waals surface area contributed by atoms with E-state index in [1.54, 1.807) is 0 Å². The fourth-order valence-electron chi connectivity index (χ4n) is 2.12. The van der Waals surface area contributed by atoms with Crippen molar-refractivity contribution >= 4 is 22.6 Å². The summed E-state index contributed by atoms with van der Waals surface area (Å²) >= 11 is 6.28. The van der Waals surface area contributed by atoms with E-state index in [4.69, 9.17) is 11.6 Å². The summed E-state index contributed by atoms with van der Waals surface area (Å²) in [5.41, 5.74) is 2.03. The SMILES string of the molecule is CNCCc1nc2cccc(Cl)c2n1C(C)C. The van der Waals surface area contributed by atoms with Crippen molar-refractivity contribution in [3.63, 3.8) is 0 Å². The third-order valence-electron chi connectivity index (χ3n) is 2.85. The predicted molar refractivity (Wildman–Crippen MR) is 72.8 cm³/mol. The first kappa shape index (κ1) is 12.4. The van der Waals surface area contributed by atoms with Crippen LogP contribution in [0.4, 0.5) is 0 Å². The van der Waals surface area contributed by atoms with Gasteiger partial charge in [-0.25, -0.2) is 4.98 Å². The number of hydrogen-bond donors (Lipinski definition) is 1. The Hall–Kier alpha value is -1.06. The van der Waals surface area contributed by atoms with Crippen LogP contribution in [0.3, 0.4) is 0 Å². The maximum atomic E-state index is 6.28. The molecule has 0 aliphatic heterocycles. The molecule has 92 valence electrons. The second-order valence-electron chi connectivity index (χ2n) is 4.45. The first-order valence-electron chi connectivity index (χ1n) is 5.95. The van der Waals surface area contributed by atoms with Crippen LogP contribution in [-0.2, 0) is 6.42 Å². The summed E-state index contributed by atoms with van der Waals surface area (Å²) in [6.07, 6.45) is 0.916. The van der Waals surface area contributed by atoms with Crippen molar-refractivity contribution in [2.75, 3.05) is 13.6 Å². The number of likely N-dealkylation sites (N-methyl/N-ethyl adjacent to an activating group) is 1. The zero-order chi connectivity index (χ0) is 12.4. The summed E-state index contributed by atoms with van der Waals surface area (Å²) in [4.78, 5) is 4.67. The lowest BCUT2D eigenvalue weighted by molar-refractivity contribution is 0.577. The van der Waals surface area contributed by atoms with Crippen LogP contribution in [0, 0.1) is 0 Å². The number of para-hydroxylation sites is 1. The van der Waals surface area contributed by atoms with E-state index in [1.165, 1.54) is 0 Å². The van der Waals surface area contributed by atoms with E-state index >= 15 is 0 Å². The highest BCUT2D eigenvalue weighted by atomic mass is 35.5. The van der Waals surface area contributed by atoms with Gasteiger partial charge in [0.25, 0.3) is 0 Å². The zero-order valence-electron chi connectivity index (χ0n) is 10.5. The lowest BCUT2D eigenvalue weighted by Crippen LogP contribution is -2.15. The van der Waals surface area contributed by atoms with Crippen molar-refractivity contribution in [3.05, 3.63) is 29.0 Å². The summed E-state index contributed by atoms with van der Waals surface area (Å²) in [5.74, 6) is 1.09. The zero-order valence-corrected chi connectivity index (χ0v) is 11.3. The fraction of sp³-hybridized carbons (Fsp3) is 0.462. The standard InChI is InChI=1S/C13H18ClN3/c1-9(2)17-12(7-8-15-3)16-11-6-4-5-10(14)13(11)17/h4-6,9,15H,7-8H2,1-3H3. The second-order valence-corrected chi connectivity index (χ2v) is 4.86. The Labute approximate surface area is 107 Å². The van der Waals surface area contributed by atoms with Gasteiger partial charge in [-0.3, -0.25) is 0 Å². The van der Waals surface area contributed by atoms with Crippen molar-refractivity contribution in [1.29, 1.82) is 0 Å². The van der Waals surface area contributed by atoms with Gasteiger partial charge in [-0.2, -0.15) is 0 Å². The Morgan fingerprint density at radius 2 is 2.18 bits per heavy atom. The van der Waals surface area contributed by atoms with Crippen LogP contribution in [0.1, 0.15) is 25.7 Å². The van der Waals surface area contributed by atoms with Gasteiger partial charge in [0.2, 0.25) is 0 Å². The Balaban J connectivity index is 2.59. The molecule has 1 heterocycles. The van der Waals surface area contributed by atoms with Crippen molar-refractivity contribution in [2.24, 2.45) is 0 Å². The second kappa shape index (κ2) is 5.07. The normalized spacial score (nSPS) is 11.6. The van der Waals surface area contributed by atoms with E-state index in [-0.39, 0.29) is 0 Å². The summed E-state index contributed by atoms with van der Waals surface area (Å²) in [6.45, 7) is 5.24. The summed E-state index contributed by atoms with van der Waals surface area (Å²) in [5, 5.41) is 3.93. The molecular weight excluding hydrogens is 234 g/mol. The Morgan fingerprint density at radius 3 is 2.82 bits per heavy atom. The average Bonchev–Trinajstić information content (AvgIpc) is 2.66. The molecule has 0 amide bonds. The van der Waals surface area contributed by atoms with E-state index in [1.807, 2.05) is 25.2 Å². The van der Waals surface area contributed by atoms with Gasteiger partial charge < -0.3 is 9.88 Å². The molecule has 0 spiro atoms. The third-order valence-corrected chi connectivity index (χ3v) is 3.15. The predicted octanol–water partition coefficient (Wildman–Crippen LogP) is 3.03. The number of hydrogen-bond acceptors (Lipinski definition) is 2. The van der Waals surface area contributed by atoms with Crippen LogP contribution in [0.5, 0.6) is 0 Å². The van der Waals surface area contributed by atoms with Crippen LogP contribution in [-0.4, -0.2) is 23.1 Å². The molecule has 0 saturated heterocycles. The minimum Gasteiger partial charge on any atom is -0.324 e. The minimum atomic E-state index is 0.367. The smallest absolute Gasteiger partial charge is 0.111 e. The van der Waals surface area contributed by atoms with Gasteiger partial charge >= 0.3 is 0 Å². The molecule has 0 unspecified atom stereocenters. The topological polar surface area (TPSA) is 29.9 Å². The Kier molecular flexibility index (Phi) is 3.69. The largest absolute Gasteiger partial charge is 0.324 e. The summed E-state index contributed by atoms with van der Waals surface area (Å²) in [6, 6.07) is 6.26. The van der Waals surface area contributed by atoms with E-state index in [0.717, 1.165) is 34.8 Å². The highest BCUT2D eigenvalue weighted by Gasteiger charge is 2.14. The van der Waals surface area contributed by atoms with Gasteiger partial charge in [0.15, 0.2) is 0 Å². The molecule has 3 nitrogen and oxygen atoms in total. The van der Waals surface area contributed by atoms with Crippen LogP contribution >= 0.6 is 11.6 Å². The molecule has 4 heteroatoms. The number of nitrogens with zero attached hydrogens (tertiary/aromatic N) is 2. The van der Waals surface area contributed by atoms with Gasteiger partial charge in [0, 0.05) is 19.0 Å². The number of fused-ring (bicyclic) bond motifs is 1. The van der Waals surface area contributed by atoms with Gasteiger partial charge in [-0.1, -0.05) is 17.7 Å². The molecule has 0 saturated carbocycles. The first-order chi connectivity index (χ1) is 8.15. The number of nitrogens with one attached hydrogen (secondary N) is 1. The van der Waals surface area contributed by atoms with Crippen LogP contribution < -0.4 is 5.32 Å². The molecule has 0 bridgehead atoms. The van der Waals surface area contributed by atoms with Gasteiger partial charge in [-0.15, -0.1) is 0 Å². The van der Waals surface area contributed by atoms with E-state index in [0.29, 0.717) is 6.04 Å². The van der Waals surface area contributed by atoms with Gasteiger partial charge in [0.1, 0.15) is 5.82 Å². The monoisotopic (exact) mass is 251 g/mol. The lowest BCUT2D eigenvalue weighted by atomic mass is 10.3. The molecule has 1 aromatic carbocycles. The molecule has 17 heavy (non-hydrogen) atoms. The fourth-order valence-corrected chi connectivity index (χ4v) is 2.38. The van der Waals surface area contributed by atoms with Crippen LogP contribution in [0.2, 0.25) is 5.02 Å². The summed E-state index contributed by atoms with van der Waals surface area (Å²) < 4.78 is 2.23.